The van der Waals surface area contributed by atoms with E-state index in [-0.39, 0.29) is 17.8 Å². The number of methoxy groups -OCH3 is 1. The number of pyridine rings is 1. The quantitative estimate of drug-likeness (QED) is 0.383. The predicted molar refractivity (Wildman–Crippen MR) is 129 cm³/mol. The van der Waals surface area contributed by atoms with Gasteiger partial charge in [-0.25, -0.2) is 4.79 Å². The molecular formula is C25H18Cl2N2O4. The van der Waals surface area contributed by atoms with E-state index in [4.69, 9.17) is 27.9 Å². The molecule has 33 heavy (non-hydrogen) atoms. The van der Waals surface area contributed by atoms with Gasteiger partial charge >= 0.3 is 5.97 Å². The lowest BCUT2D eigenvalue weighted by Crippen LogP contribution is -2.29. The molecule has 166 valence electrons. The number of carbonyl (C=O) groups excluding carboxylic acids is 2. The SMILES string of the molecule is COC(=O)c1[nH]c2c(-c3ccccc3)c(Cl)ccc2c(=O)c1CNC(=O)c1cccc(Cl)c1. The van der Waals surface area contributed by atoms with Crippen molar-refractivity contribution in [1.29, 1.82) is 0 Å². The van der Waals surface area contributed by atoms with Crippen molar-refractivity contribution < 1.29 is 14.3 Å². The molecule has 1 aromatic heterocycles. The summed E-state index contributed by atoms with van der Waals surface area (Å²) < 4.78 is 4.89. The van der Waals surface area contributed by atoms with E-state index >= 15 is 0 Å². The zero-order valence-corrected chi connectivity index (χ0v) is 19.0. The first-order valence-corrected chi connectivity index (χ1v) is 10.7. The van der Waals surface area contributed by atoms with E-state index < -0.39 is 17.3 Å². The molecule has 1 amide bonds. The van der Waals surface area contributed by atoms with Crippen LogP contribution in [0.5, 0.6) is 0 Å². The van der Waals surface area contributed by atoms with Crippen molar-refractivity contribution in [3.63, 3.8) is 0 Å². The number of aromatic nitrogens is 1. The van der Waals surface area contributed by atoms with Gasteiger partial charge in [-0.2, -0.15) is 0 Å². The third kappa shape index (κ3) is 4.49. The first-order valence-electron chi connectivity index (χ1n) is 9.95. The number of amides is 1. The average molecular weight is 481 g/mol. The average Bonchev–Trinajstić information content (AvgIpc) is 2.83. The molecule has 0 spiro atoms. The maximum absolute atomic E-state index is 13.4. The molecule has 4 rings (SSSR count). The summed E-state index contributed by atoms with van der Waals surface area (Å²) in [5, 5.41) is 3.83. The molecule has 0 saturated carbocycles. The van der Waals surface area contributed by atoms with Crippen LogP contribution in [0.4, 0.5) is 0 Å². The third-order valence-corrected chi connectivity index (χ3v) is 5.74. The first-order chi connectivity index (χ1) is 15.9. The number of benzene rings is 3. The minimum Gasteiger partial charge on any atom is -0.464 e. The maximum Gasteiger partial charge on any atom is 0.354 e. The van der Waals surface area contributed by atoms with Crippen LogP contribution >= 0.6 is 23.2 Å². The molecule has 0 aliphatic rings. The lowest BCUT2D eigenvalue weighted by molar-refractivity contribution is 0.0592. The Labute approximate surface area is 199 Å². The van der Waals surface area contributed by atoms with E-state index in [9.17, 15) is 14.4 Å². The molecule has 0 atom stereocenters. The Bertz CT molecular complexity index is 1430. The van der Waals surface area contributed by atoms with E-state index in [1.54, 1.807) is 30.3 Å². The van der Waals surface area contributed by atoms with Gasteiger partial charge in [0.2, 0.25) is 0 Å². The van der Waals surface area contributed by atoms with Crippen LogP contribution in [-0.2, 0) is 11.3 Å². The summed E-state index contributed by atoms with van der Waals surface area (Å²) >= 11 is 12.4. The summed E-state index contributed by atoms with van der Waals surface area (Å²) in [4.78, 5) is 41.6. The lowest BCUT2D eigenvalue weighted by Gasteiger charge is -2.14. The van der Waals surface area contributed by atoms with E-state index in [1.807, 2.05) is 30.3 Å². The van der Waals surface area contributed by atoms with Gasteiger partial charge in [-0.3, -0.25) is 9.59 Å². The molecule has 0 radical (unpaired) electrons. The molecule has 0 unspecified atom stereocenters. The minimum absolute atomic E-state index is 0.0548. The van der Waals surface area contributed by atoms with Crippen LogP contribution < -0.4 is 10.7 Å². The van der Waals surface area contributed by atoms with Crippen molar-refractivity contribution in [2.45, 2.75) is 6.54 Å². The number of esters is 1. The smallest absolute Gasteiger partial charge is 0.354 e. The number of H-pyrrole nitrogens is 1. The molecule has 8 heteroatoms. The second-order valence-electron chi connectivity index (χ2n) is 7.20. The fourth-order valence-corrected chi connectivity index (χ4v) is 4.06. The Kier molecular flexibility index (Phi) is 6.49. The Hall–Kier alpha value is -3.61. The minimum atomic E-state index is -0.736. The molecule has 0 aliphatic carbocycles. The molecule has 2 N–H and O–H groups in total. The Morgan fingerprint density at radius 2 is 1.76 bits per heavy atom. The summed E-state index contributed by atoms with van der Waals surface area (Å²) in [7, 11) is 1.22. The highest BCUT2D eigenvalue weighted by atomic mass is 35.5. The highest BCUT2D eigenvalue weighted by Crippen LogP contribution is 2.33. The van der Waals surface area contributed by atoms with Gasteiger partial charge in [0.15, 0.2) is 5.43 Å². The van der Waals surface area contributed by atoms with Gasteiger partial charge in [-0.05, 0) is 35.9 Å². The van der Waals surface area contributed by atoms with Crippen molar-refractivity contribution in [2.24, 2.45) is 0 Å². The number of nitrogens with one attached hydrogen (secondary N) is 2. The molecule has 4 aromatic rings. The number of carbonyl (C=O) groups is 2. The Morgan fingerprint density at radius 3 is 2.45 bits per heavy atom. The van der Waals surface area contributed by atoms with Crippen LogP contribution in [0.15, 0.2) is 71.5 Å². The van der Waals surface area contributed by atoms with Crippen LogP contribution in [0.1, 0.15) is 26.4 Å². The molecular weight excluding hydrogens is 463 g/mol. The van der Waals surface area contributed by atoms with Crippen molar-refractivity contribution in [1.82, 2.24) is 10.3 Å². The Morgan fingerprint density at radius 1 is 1.00 bits per heavy atom. The zero-order valence-electron chi connectivity index (χ0n) is 17.4. The second kappa shape index (κ2) is 9.48. The fourth-order valence-electron chi connectivity index (χ4n) is 3.61. The number of aromatic amines is 1. The van der Waals surface area contributed by atoms with Gasteiger partial charge < -0.3 is 15.0 Å². The maximum atomic E-state index is 13.4. The first kappa shape index (κ1) is 22.6. The molecule has 0 bridgehead atoms. The molecule has 0 aliphatic heterocycles. The van der Waals surface area contributed by atoms with Crippen LogP contribution in [-0.4, -0.2) is 24.0 Å². The van der Waals surface area contributed by atoms with E-state index in [0.29, 0.717) is 32.1 Å². The van der Waals surface area contributed by atoms with Gasteiger partial charge in [-0.15, -0.1) is 0 Å². The van der Waals surface area contributed by atoms with E-state index in [2.05, 4.69) is 10.3 Å². The number of rotatable bonds is 5. The molecule has 3 aromatic carbocycles. The summed E-state index contributed by atoms with van der Waals surface area (Å²) in [6.07, 6.45) is 0. The van der Waals surface area contributed by atoms with Gasteiger partial charge in [0.25, 0.3) is 5.91 Å². The molecule has 6 nitrogen and oxygen atoms in total. The van der Waals surface area contributed by atoms with Gasteiger partial charge in [0.1, 0.15) is 5.69 Å². The normalized spacial score (nSPS) is 10.8. The largest absolute Gasteiger partial charge is 0.464 e. The second-order valence-corrected chi connectivity index (χ2v) is 8.05. The number of hydrogen-bond acceptors (Lipinski definition) is 4. The third-order valence-electron chi connectivity index (χ3n) is 5.19. The summed E-state index contributed by atoms with van der Waals surface area (Å²) in [6.45, 7) is -0.190. The lowest BCUT2D eigenvalue weighted by atomic mass is 9.99. The Balaban J connectivity index is 1.84. The van der Waals surface area contributed by atoms with Crippen molar-refractivity contribution in [3.05, 3.63) is 104 Å². The predicted octanol–water partition coefficient (Wildman–Crippen LogP) is 5.22. The number of halogens is 2. The van der Waals surface area contributed by atoms with Crippen molar-refractivity contribution in [2.75, 3.05) is 7.11 Å². The molecule has 0 fully saturated rings. The summed E-state index contributed by atoms with van der Waals surface area (Å²) in [6, 6.07) is 18.9. The van der Waals surface area contributed by atoms with E-state index in [1.165, 1.54) is 13.2 Å². The van der Waals surface area contributed by atoms with Gasteiger partial charge in [0.05, 0.1) is 23.2 Å². The number of ether oxygens (including phenoxy) is 1. The fraction of sp³-hybridized carbons (Fsp3) is 0.0800. The van der Waals surface area contributed by atoms with E-state index in [0.717, 1.165) is 5.56 Å². The molecule has 0 saturated heterocycles. The van der Waals surface area contributed by atoms with Crippen molar-refractivity contribution in [3.8, 4) is 11.1 Å². The highest BCUT2D eigenvalue weighted by molar-refractivity contribution is 6.35. The summed E-state index contributed by atoms with van der Waals surface area (Å²) in [5.41, 5.74) is 1.71. The molecule has 1 heterocycles. The highest BCUT2D eigenvalue weighted by Gasteiger charge is 2.22. The monoisotopic (exact) mass is 480 g/mol. The topological polar surface area (TPSA) is 88.3 Å². The van der Waals surface area contributed by atoms with Crippen molar-refractivity contribution >= 4 is 46.0 Å². The summed E-state index contributed by atoms with van der Waals surface area (Å²) in [5.74, 6) is -1.17. The number of hydrogen-bond donors (Lipinski definition) is 2. The van der Waals surface area contributed by atoms with Gasteiger partial charge in [0, 0.05) is 28.1 Å². The van der Waals surface area contributed by atoms with Crippen LogP contribution in [0.2, 0.25) is 10.0 Å². The number of fused-ring (bicyclic) bond motifs is 1. The standard InChI is InChI=1S/C25H18Cl2N2O4/c1-33-25(32)22-18(13-28-24(31)15-8-5-9-16(26)12-15)23(30)17-10-11-19(27)20(21(17)29-22)14-6-3-2-4-7-14/h2-12H,13H2,1H3,(H,28,31)(H,29,30). The zero-order chi connectivity index (χ0) is 23.5. The van der Waals surface area contributed by atoms with Crippen LogP contribution in [0.25, 0.3) is 22.0 Å². The van der Waals surface area contributed by atoms with Gasteiger partial charge in [-0.1, -0.05) is 59.6 Å². The van der Waals surface area contributed by atoms with Crippen LogP contribution in [0, 0.1) is 0 Å². The van der Waals surface area contributed by atoms with Crippen LogP contribution in [0.3, 0.4) is 0 Å².